The van der Waals surface area contributed by atoms with Crippen molar-refractivity contribution in [2.45, 2.75) is 18.9 Å². The Kier molecular flexibility index (Phi) is 4.95. The lowest BCUT2D eigenvalue weighted by atomic mass is 9.96. The fraction of sp³-hybridized carbons (Fsp3) is 0.533. The van der Waals surface area contributed by atoms with Gasteiger partial charge >= 0.3 is 0 Å². The Morgan fingerprint density at radius 3 is 2.70 bits per heavy atom. The maximum absolute atomic E-state index is 12.5. The highest BCUT2D eigenvalue weighted by atomic mass is 19.1. The molecule has 2 N–H and O–H groups in total. The lowest BCUT2D eigenvalue weighted by Gasteiger charge is -2.19. The van der Waals surface area contributed by atoms with Gasteiger partial charge in [0.15, 0.2) is 0 Å². The predicted octanol–water partition coefficient (Wildman–Crippen LogP) is 1.38. The normalized spacial score (nSPS) is 22.9. The number of benzene rings is 1. The van der Waals surface area contributed by atoms with Crippen LogP contribution in [0.25, 0.3) is 0 Å². The number of methoxy groups -OCH3 is 1. The van der Waals surface area contributed by atoms with Crippen molar-refractivity contribution in [1.29, 1.82) is 0 Å². The Hall–Kier alpha value is -1.62. The number of amides is 1. The van der Waals surface area contributed by atoms with Crippen LogP contribution in [0, 0.1) is 5.92 Å². The van der Waals surface area contributed by atoms with E-state index in [0.29, 0.717) is 12.3 Å². The third-order valence-corrected chi connectivity index (χ3v) is 3.87. The van der Waals surface area contributed by atoms with Crippen LogP contribution in [0.15, 0.2) is 24.3 Å². The highest BCUT2D eigenvalue weighted by molar-refractivity contribution is 5.80. The molecule has 1 fully saturated rings. The molecular formula is C15H21FN2O2. The highest BCUT2D eigenvalue weighted by Gasteiger charge is 2.35. The van der Waals surface area contributed by atoms with Crippen molar-refractivity contribution >= 4 is 5.91 Å². The number of nitrogens with zero attached hydrogens (tertiary/aromatic N) is 1. The summed E-state index contributed by atoms with van der Waals surface area (Å²) in [6, 6.07) is 7.57. The zero-order valence-corrected chi connectivity index (χ0v) is 11.7. The Labute approximate surface area is 118 Å². The average Bonchev–Trinajstić information content (AvgIpc) is 2.83. The van der Waals surface area contributed by atoms with Gasteiger partial charge in [-0.15, -0.1) is 0 Å². The molecule has 0 aliphatic carbocycles. The number of likely N-dealkylation sites (tertiary alicyclic amines) is 1. The second-order valence-electron chi connectivity index (χ2n) is 5.26. The molecule has 1 aromatic rings. The lowest BCUT2D eigenvalue weighted by molar-refractivity contribution is -0.122. The van der Waals surface area contributed by atoms with Crippen LogP contribution in [0.4, 0.5) is 4.39 Å². The number of primary amides is 1. The van der Waals surface area contributed by atoms with Crippen LogP contribution in [0.1, 0.15) is 12.0 Å². The number of ether oxygens (including phenoxy) is 1. The van der Waals surface area contributed by atoms with Gasteiger partial charge in [0, 0.05) is 13.1 Å². The van der Waals surface area contributed by atoms with E-state index in [1.165, 1.54) is 5.56 Å². The number of nitrogens with two attached hydrogens (primary N) is 1. The molecule has 0 radical (unpaired) electrons. The molecule has 1 heterocycles. The van der Waals surface area contributed by atoms with E-state index in [9.17, 15) is 9.18 Å². The summed E-state index contributed by atoms with van der Waals surface area (Å²) in [4.78, 5) is 13.3. The smallest absolute Gasteiger partial charge is 0.234 e. The van der Waals surface area contributed by atoms with Crippen LogP contribution < -0.4 is 10.5 Å². The first kappa shape index (κ1) is 14.8. The third-order valence-electron chi connectivity index (χ3n) is 3.87. The number of hydrogen-bond donors (Lipinski definition) is 1. The monoisotopic (exact) mass is 280 g/mol. The van der Waals surface area contributed by atoms with Gasteiger partial charge in [-0.2, -0.15) is 0 Å². The summed E-state index contributed by atoms with van der Waals surface area (Å²) in [6.45, 7) is 0.565. The molecule has 1 saturated heterocycles. The van der Waals surface area contributed by atoms with Crippen molar-refractivity contribution in [3.63, 3.8) is 0 Å². The van der Waals surface area contributed by atoms with E-state index in [-0.39, 0.29) is 18.5 Å². The Morgan fingerprint density at radius 2 is 2.15 bits per heavy atom. The van der Waals surface area contributed by atoms with Gasteiger partial charge in [-0.25, -0.2) is 4.39 Å². The van der Waals surface area contributed by atoms with Crippen LogP contribution in [0.2, 0.25) is 0 Å². The molecule has 1 aliphatic heterocycles. The number of halogens is 1. The molecule has 0 aromatic heterocycles. The summed E-state index contributed by atoms with van der Waals surface area (Å²) in [5.41, 5.74) is 6.59. The topological polar surface area (TPSA) is 55.6 Å². The second kappa shape index (κ2) is 6.70. The predicted molar refractivity (Wildman–Crippen MR) is 75.3 cm³/mol. The van der Waals surface area contributed by atoms with Gasteiger partial charge in [0.2, 0.25) is 5.91 Å². The average molecular weight is 280 g/mol. The minimum absolute atomic E-state index is 0.284. The fourth-order valence-corrected chi connectivity index (χ4v) is 2.89. The minimum atomic E-state index is -0.445. The minimum Gasteiger partial charge on any atom is -0.497 e. The molecule has 1 amide bonds. The van der Waals surface area contributed by atoms with Gasteiger partial charge < -0.3 is 10.5 Å². The van der Waals surface area contributed by atoms with Crippen molar-refractivity contribution < 1.29 is 13.9 Å². The highest BCUT2D eigenvalue weighted by Crippen LogP contribution is 2.26. The van der Waals surface area contributed by atoms with Gasteiger partial charge in [-0.1, -0.05) is 12.1 Å². The molecule has 2 atom stereocenters. The zero-order valence-electron chi connectivity index (χ0n) is 11.7. The molecule has 0 saturated carbocycles. The first-order valence-corrected chi connectivity index (χ1v) is 6.86. The van der Waals surface area contributed by atoms with E-state index in [1.807, 2.05) is 29.2 Å². The van der Waals surface area contributed by atoms with Gasteiger partial charge in [0.05, 0.1) is 13.2 Å². The van der Waals surface area contributed by atoms with E-state index in [1.54, 1.807) is 7.11 Å². The second-order valence-corrected chi connectivity index (χ2v) is 5.26. The van der Waals surface area contributed by atoms with E-state index in [0.717, 1.165) is 18.7 Å². The summed E-state index contributed by atoms with van der Waals surface area (Å²) in [5.74, 6) is 0.817. The number of rotatable bonds is 6. The molecule has 0 spiro atoms. The van der Waals surface area contributed by atoms with Gasteiger partial charge in [0.1, 0.15) is 12.4 Å². The van der Waals surface area contributed by atoms with Crippen molar-refractivity contribution in [3.8, 4) is 5.75 Å². The van der Waals surface area contributed by atoms with E-state index >= 15 is 0 Å². The van der Waals surface area contributed by atoms with E-state index in [2.05, 4.69) is 0 Å². The Bertz CT molecular complexity index is 450. The SMILES string of the molecule is COc1ccc(C[C@H]2C[C@@H](C(N)=O)N(CCF)C2)cc1. The Morgan fingerprint density at radius 1 is 1.45 bits per heavy atom. The molecule has 20 heavy (non-hydrogen) atoms. The summed E-state index contributed by atoms with van der Waals surface area (Å²) in [5, 5.41) is 0. The first-order chi connectivity index (χ1) is 9.63. The number of carbonyl (C=O) groups is 1. The molecule has 2 rings (SSSR count). The molecule has 0 bridgehead atoms. The number of carbonyl (C=O) groups excluding carboxylic acids is 1. The van der Waals surface area contributed by atoms with Crippen LogP contribution in [0.5, 0.6) is 5.75 Å². The molecule has 110 valence electrons. The molecule has 5 heteroatoms. The first-order valence-electron chi connectivity index (χ1n) is 6.86. The zero-order chi connectivity index (χ0) is 14.5. The van der Waals surface area contributed by atoms with Crippen molar-refractivity contribution in [1.82, 2.24) is 4.90 Å². The lowest BCUT2D eigenvalue weighted by Crippen LogP contribution is -2.41. The Balaban J connectivity index is 1.97. The quantitative estimate of drug-likeness (QED) is 0.856. The van der Waals surface area contributed by atoms with Crippen LogP contribution >= 0.6 is 0 Å². The summed E-state index contributed by atoms with van der Waals surface area (Å²) < 4.78 is 17.6. The fourth-order valence-electron chi connectivity index (χ4n) is 2.89. The van der Waals surface area contributed by atoms with Crippen LogP contribution in [-0.2, 0) is 11.2 Å². The van der Waals surface area contributed by atoms with E-state index < -0.39 is 6.67 Å². The summed E-state index contributed by atoms with van der Waals surface area (Å²) >= 11 is 0. The van der Waals surface area contributed by atoms with Gasteiger partial charge in [0.25, 0.3) is 0 Å². The number of alkyl halides is 1. The maximum Gasteiger partial charge on any atom is 0.234 e. The molecule has 4 nitrogen and oxygen atoms in total. The summed E-state index contributed by atoms with van der Waals surface area (Å²) in [7, 11) is 1.64. The number of hydrogen-bond acceptors (Lipinski definition) is 3. The van der Waals surface area contributed by atoms with Crippen molar-refractivity contribution in [3.05, 3.63) is 29.8 Å². The van der Waals surface area contributed by atoms with Crippen molar-refractivity contribution in [2.24, 2.45) is 11.7 Å². The van der Waals surface area contributed by atoms with Gasteiger partial charge in [-0.05, 0) is 36.5 Å². The molecule has 1 aliphatic rings. The molecule has 1 aromatic carbocycles. The van der Waals surface area contributed by atoms with Crippen LogP contribution in [0.3, 0.4) is 0 Å². The molecule has 0 unspecified atom stereocenters. The molecular weight excluding hydrogens is 259 g/mol. The summed E-state index contributed by atoms with van der Waals surface area (Å²) in [6.07, 6.45) is 1.58. The maximum atomic E-state index is 12.5. The van der Waals surface area contributed by atoms with Crippen LogP contribution in [-0.4, -0.2) is 43.7 Å². The largest absolute Gasteiger partial charge is 0.497 e. The van der Waals surface area contributed by atoms with Gasteiger partial charge in [-0.3, -0.25) is 9.69 Å². The third kappa shape index (κ3) is 3.48. The van der Waals surface area contributed by atoms with E-state index in [4.69, 9.17) is 10.5 Å². The standard InChI is InChI=1S/C15H21FN2O2/c1-20-13-4-2-11(3-5-13)8-12-9-14(15(17)19)18(10-12)7-6-16/h2-5,12,14H,6-10H2,1H3,(H2,17,19)/t12-,14-/m0/s1. The van der Waals surface area contributed by atoms with Crippen molar-refractivity contribution in [2.75, 3.05) is 26.9 Å².